The van der Waals surface area contributed by atoms with E-state index in [1.165, 1.54) is 4.90 Å². The maximum absolute atomic E-state index is 11.1. The van der Waals surface area contributed by atoms with Crippen LogP contribution in [0.1, 0.15) is 18.4 Å². The third-order valence-electron chi connectivity index (χ3n) is 2.52. The van der Waals surface area contributed by atoms with Gasteiger partial charge in [0.25, 0.3) is 0 Å². The van der Waals surface area contributed by atoms with Gasteiger partial charge in [-0.2, -0.15) is 0 Å². The monoisotopic (exact) mass is 236 g/mol. The number of nitrogens with two attached hydrogens (primary N) is 1. The summed E-state index contributed by atoms with van der Waals surface area (Å²) in [6.45, 7) is 0. The van der Waals surface area contributed by atoms with Crippen molar-refractivity contribution in [2.24, 2.45) is 5.73 Å². The number of amides is 2. The van der Waals surface area contributed by atoms with Crippen molar-refractivity contribution in [1.82, 2.24) is 0 Å². The molecule has 0 atom stereocenters. The molecule has 0 aliphatic carbocycles. The molecule has 92 valence electrons. The second-order valence-electron chi connectivity index (χ2n) is 3.77. The van der Waals surface area contributed by atoms with Crippen molar-refractivity contribution in [3.05, 3.63) is 29.8 Å². The minimum atomic E-state index is -0.814. The molecule has 1 aromatic carbocycles. The molecule has 0 aliphatic rings. The molecule has 3 N–H and O–H groups in total. The normalized spacial score (nSPS) is 9.94. The molecular formula is C12H16N2O3. The Morgan fingerprint density at radius 2 is 2.00 bits per heavy atom. The number of hydrogen-bond acceptors (Lipinski definition) is 2. The highest BCUT2D eigenvalue weighted by Gasteiger charge is 2.10. The van der Waals surface area contributed by atoms with Crippen molar-refractivity contribution in [2.45, 2.75) is 19.3 Å². The fraction of sp³-hybridized carbons (Fsp3) is 0.333. The van der Waals surface area contributed by atoms with Gasteiger partial charge in [-0.1, -0.05) is 18.2 Å². The van der Waals surface area contributed by atoms with Crippen molar-refractivity contribution < 1.29 is 14.7 Å². The molecule has 1 aromatic rings. The van der Waals surface area contributed by atoms with Crippen LogP contribution in [-0.2, 0) is 11.2 Å². The first-order chi connectivity index (χ1) is 8.02. The van der Waals surface area contributed by atoms with E-state index >= 15 is 0 Å². The summed E-state index contributed by atoms with van der Waals surface area (Å²) < 4.78 is 0. The Labute approximate surface area is 99.8 Å². The van der Waals surface area contributed by atoms with Crippen molar-refractivity contribution >= 4 is 17.7 Å². The summed E-state index contributed by atoms with van der Waals surface area (Å²) in [5.41, 5.74) is 6.86. The lowest BCUT2D eigenvalue weighted by atomic mass is 10.1. The smallest absolute Gasteiger partial charge is 0.319 e. The van der Waals surface area contributed by atoms with Gasteiger partial charge in [-0.15, -0.1) is 0 Å². The van der Waals surface area contributed by atoms with Gasteiger partial charge in [-0.3, -0.25) is 9.69 Å². The number of benzene rings is 1. The zero-order valence-corrected chi connectivity index (χ0v) is 9.72. The molecule has 0 fully saturated rings. The number of hydrogen-bond donors (Lipinski definition) is 2. The van der Waals surface area contributed by atoms with E-state index in [0.717, 1.165) is 11.3 Å². The molecule has 0 radical (unpaired) electrons. The van der Waals surface area contributed by atoms with Gasteiger partial charge in [0.2, 0.25) is 0 Å². The lowest BCUT2D eigenvalue weighted by Crippen LogP contribution is -2.32. The highest BCUT2D eigenvalue weighted by atomic mass is 16.4. The van der Waals surface area contributed by atoms with E-state index in [9.17, 15) is 9.59 Å². The van der Waals surface area contributed by atoms with E-state index in [-0.39, 0.29) is 6.42 Å². The zero-order valence-electron chi connectivity index (χ0n) is 9.72. The highest BCUT2D eigenvalue weighted by Crippen LogP contribution is 2.20. The maximum Gasteiger partial charge on any atom is 0.319 e. The fourth-order valence-corrected chi connectivity index (χ4v) is 1.60. The van der Waals surface area contributed by atoms with Gasteiger partial charge in [0.05, 0.1) is 0 Å². The number of para-hydroxylation sites is 1. The molecule has 0 unspecified atom stereocenters. The Morgan fingerprint density at radius 1 is 1.35 bits per heavy atom. The fourth-order valence-electron chi connectivity index (χ4n) is 1.60. The average Bonchev–Trinajstić information content (AvgIpc) is 2.28. The number of urea groups is 1. The van der Waals surface area contributed by atoms with Crippen molar-refractivity contribution in [3.63, 3.8) is 0 Å². The van der Waals surface area contributed by atoms with Gasteiger partial charge in [0, 0.05) is 19.2 Å². The number of carboxylic acid groups (broad SMARTS) is 1. The Morgan fingerprint density at radius 3 is 2.59 bits per heavy atom. The van der Waals surface area contributed by atoms with Crippen LogP contribution >= 0.6 is 0 Å². The quantitative estimate of drug-likeness (QED) is 0.814. The first-order valence-electron chi connectivity index (χ1n) is 5.35. The summed E-state index contributed by atoms with van der Waals surface area (Å²) in [7, 11) is 1.60. The van der Waals surface area contributed by atoms with Gasteiger partial charge in [-0.25, -0.2) is 4.79 Å². The second kappa shape index (κ2) is 5.89. The van der Waals surface area contributed by atoms with Crippen LogP contribution in [0.4, 0.5) is 10.5 Å². The SMILES string of the molecule is CN(C(N)=O)c1ccccc1CCCC(=O)O. The minimum absolute atomic E-state index is 0.120. The molecule has 0 aromatic heterocycles. The number of rotatable bonds is 5. The summed E-state index contributed by atoms with van der Waals surface area (Å²) in [5, 5.41) is 8.57. The van der Waals surface area contributed by atoms with Crippen LogP contribution in [0.25, 0.3) is 0 Å². The molecule has 0 aliphatic heterocycles. The molecule has 5 nitrogen and oxygen atoms in total. The van der Waals surface area contributed by atoms with Crippen molar-refractivity contribution in [2.75, 3.05) is 11.9 Å². The predicted octanol–water partition coefficient (Wildman–Crippen LogP) is 1.61. The molecule has 0 bridgehead atoms. The molecule has 2 amide bonds. The van der Waals surface area contributed by atoms with Crippen LogP contribution in [-0.4, -0.2) is 24.2 Å². The molecule has 0 saturated carbocycles. The van der Waals surface area contributed by atoms with Crippen molar-refractivity contribution in [3.8, 4) is 0 Å². The predicted molar refractivity (Wildman–Crippen MR) is 65.0 cm³/mol. The van der Waals surface area contributed by atoms with Crippen molar-refractivity contribution in [1.29, 1.82) is 0 Å². The number of nitrogens with zero attached hydrogens (tertiary/aromatic N) is 1. The molecular weight excluding hydrogens is 220 g/mol. The van der Waals surface area contributed by atoms with Gasteiger partial charge >= 0.3 is 12.0 Å². The van der Waals surface area contributed by atoms with E-state index in [1.54, 1.807) is 13.1 Å². The summed E-state index contributed by atoms with van der Waals surface area (Å²) in [4.78, 5) is 22.9. The Hall–Kier alpha value is -2.04. The lowest BCUT2D eigenvalue weighted by Gasteiger charge is -2.18. The molecule has 0 saturated heterocycles. The summed E-state index contributed by atoms with van der Waals surface area (Å²) in [5.74, 6) is -0.814. The maximum atomic E-state index is 11.1. The topological polar surface area (TPSA) is 83.6 Å². The molecule has 5 heteroatoms. The largest absolute Gasteiger partial charge is 0.481 e. The van der Waals surface area contributed by atoms with Gasteiger partial charge in [0.15, 0.2) is 0 Å². The molecule has 17 heavy (non-hydrogen) atoms. The van der Waals surface area contributed by atoms with Crippen LogP contribution in [0.2, 0.25) is 0 Å². The molecule has 0 spiro atoms. The van der Waals surface area contributed by atoms with Crippen LogP contribution in [0, 0.1) is 0 Å². The summed E-state index contributed by atoms with van der Waals surface area (Å²) >= 11 is 0. The lowest BCUT2D eigenvalue weighted by molar-refractivity contribution is -0.137. The average molecular weight is 236 g/mol. The second-order valence-corrected chi connectivity index (χ2v) is 3.77. The standard InChI is InChI=1S/C12H16N2O3/c1-14(12(13)17)10-7-3-2-5-9(10)6-4-8-11(15)16/h2-3,5,7H,4,6,8H2,1H3,(H2,13,17)(H,15,16). The summed E-state index contributed by atoms with van der Waals surface area (Å²) in [6.07, 6.45) is 1.27. The summed E-state index contributed by atoms with van der Waals surface area (Å²) in [6, 6.07) is 6.80. The number of carbonyl (C=O) groups excluding carboxylic acids is 1. The Bertz CT molecular complexity index is 418. The van der Waals surface area contributed by atoms with E-state index in [4.69, 9.17) is 10.8 Å². The minimum Gasteiger partial charge on any atom is -0.481 e. The van der Waals surface area contributed by atoms with E-state index < -0.39 is 12.0 Å². The van der Waals surface area contributed by atoms with Crippen LogP contribution in [0.15, 0.2) is 24.3 Å². The third-order valence-corrected chi connectivity index (χ3v) is 2.52. The van der Waals surface area contributed by atoms with Crippen LogP contribution in [0.3, 0.4) is 0 Å². The molecule has 0 heterocycles. The van der Waals surface area contributed by atoms with Crippen LogP contribution in [0.5, 0.6) is 0 Å². The van der Waals surface area contributed by atoms with E-state index in [1.807, 2.05) is 18.2 Å². The number of aryl methyl sites for hydroxylation is 1. The van der Waals surface area contributed by atoms with Gasteiger partial charge < -0.3 is 10.8 Å². The van der Waals surface area contributed by atoms with Crippen LogP contribution < -0.4 is 10.6 Å². The highest BCUT2D eigenvalue weighted by molar-refractivity contribution is 5.90. The number of primary amides is 1. The third kappa shape index (κ3) is 3.79. The number of carboxylic acids is 1. The van der Waals surface area contributed by atoms with Gasteiger partial charge in [0.1, 0.15) is 0 Å². The first-order valence-corrected chi connectivity index (χ1v) is 5.35. The number of aliphatic carboxylic acids is 1. The Balaban J connectivity index is 2.77. The van der Waals surface area contributed by atoms with E-state index in [2.05, 4.69) is 0 Å². The Kier molecular flexibility index (Phi) is 4.51. The van der Waals surface area contributed by atoms with E-state index in [0.29, 0.717) is 12.8 Å². The number of carbonyl (C=O) groups is 2. The van der Waals surface area contributed by atoms with Gasteiger partial charge in [-0.05, 0) is 24.5 Å². The first kappa shape index (κ1) is 13.0. The number of anilines is 1. The molecule has 1 rings (SSSR count). The zero-order chi connectivity index (χ0) is 12.8.